The molecule has 0 saturated carbocycles. The number of rotatable bonds is 10. The number of hydrogen-bond donors (Lipinski definition) is 2. The third-order valence-corrected chi connectivity index (χ3v) is 6.20. The number of nitrogens with zero attached hydrogens (tertiary/aromatic N) is 1. The van der Waals surface area contributed by atoms with Crippen LogP contribution in [0.5, 0.6) is 0 Å². The highest BCUT2D eigenvalue weighted by atomic mass is 35.5. The van der Waals surface area contributed by atoms with Crippen molar-refractivity contribution in [3.63, 3.8) is 0 Å². The van der Waals surface area contributed by atoms with E-state index in [1.807, 2.05) is 12.1 Å². The highest BCUT2D eigenvalue weighted by Gasteiger charge is 2.17. The maximum absolute atomic E-state index is 12.2. The lowest BCUT2D eigenvalue weighted by atomic mass is 10.1. The molecule has 1 amide bonds. The summed E-state index contributed by atoms with van der Waals surface area (Å²) in [6.45, 7) is 4.32. The molecule has 2 N–H and O–H groups in total. The highest BCUT2D eigenvalue weighted by Crippen LogP contribution is 2.19. The van der Waals surface area contributed by atoms with Gasteiger partial charge in [-0.05, 0) is 36.9 Å². The topological polar surface area (TPSA) is 78.5 Å². The van der Waals surface area contributed by atoms with Crippen molar-refractivity contribution >= 4 is 27.5 Å². The molecule has 28 heavy (non-hydrogen) atoms. The van der Waals surface area contributed by atoms with E-state index in [2.05, 4.69) is 41.0 Å². The van der Waals surface area contributed by atoms with E-state index in [0.717, 1.165) is 18.7 Å². The fourth-order valence-corrected chi connectivity index (χ4v) is 4.14. The van der Waals surface area contributed by atoms with Crippen LogP contribution >= 0.6 is 11.6 Å². The van der Waals surface area contributed by atoms with Crippen molar-refractivity contribution in [3.8, 4) is 0 Å². The second kappa shape index (κ2) is 10.6. The highest BCUT2D eigenvalue weighted by molar-refractivity contribution is 7.89. The summed E-state index contributed by atoms with van der Waals surface area (Å²) in [4.78, 5) is 14.2. The van der Waals surface area contributed by atoms with Crippen molar-refractivity contribution in [3.05, 3.63) is 64.7 Å². The van der Waals surface area contributed by atoms with Gasteiger partial charge in [0.15, 0.2) is 0 Å². The predicted octanol–water partition coefficient (Wildman–Crippen LogP) is 2.78. The Kier molecular flexibility index (Phi) is 8.44. The van der Waals surface area contributed by atoms with Crippen molar-refractivity contribution in [2.24, 2.45) is 0 Å². The SMILES string of the molecule is CCN(C)Cc1cccc(CNC(=O)CCNS(=O)(=O)c2ccccc2Cl)c1. The molecule has 8 heteroatoms. The van der Waals surface area contributed by atoms with Crippen LogP contribution in [0.3, 0.4) is 0 Å². The third kappa shape index (κ3) is 6.91. The fourth-order valence-electron chi connectivity index (χ4n) is 2.59. The van der Waals surface area contributed by atoms with Gasteiger partial charge < -0.3 is 10.2 Å². The normalized spacial score (nSPS) is 11.6. The molecule has 0 aromatic heterocycles. The van der Waals surface area contributed by atoms with E-state index in [9.17, 15) is 13.2 Å². The lowest BCUT2D eigenvalue weighted by molar-refractivity contribution is -0.121. The van der Waals surface area contributed by atoms with E-state index < -0.39 is 10.0 Å². The monoisotopic (exact) mass is 423 g/mol. The second-order valence-corrected chi connectivity index (χ2v) is 8.65. The molecule has 0 aliphatic heterocycles. The summed E-state index contributed by atoms with van der Waals surface area (Å²) in [5.74, 6) is -0.224. The predicted molar refractivity (Wildman–Crippen MR) is 112 cm³/mol. The average Bonchev–Trinajstić information content (AvgIpc) is 2.66. The zero-order chi connectivity index (χ0) is 20.6. The Hall–Kier alpha value is -1.93. The van der Waals surface area contributed by atoms with E-state index in [4.69, 9.17) is 11.6 Å². The number of hydrogen-bond acceptors (Lipinski definition) is 4. The van der Waals surface area contributed by atoms with Crippen LogP contribution in [0, 0.1) is 0 Å². The minimum Gasteiger partial charge on any atom is -0.352 e. The van der Waals surface area contributed by atoms with Gasteiger partial charge >= 0.3 is 0 Å². The van der Waals surface area contributed by atoms with Crippen molar-refractivity contribution in [2.75, 3.05) is 20.1 Å². The van der Waals surface area contributed by atoms with E-state index >= 15 is 0 Å². The van der Waals surface area contributed by atoms with Crippen LogP contribution in [0.1, 0.15) is 24.5 Å². The molecule has 0 atom stereocenters. The van der Waals surface area contributed by atoms with Gasteiger partial charge in [0.05, 0.1) is 5.02 Å². The molecule has 0 fully saturated rings. The van der Waals surface area contributed by atoms with E-state index in [1.54, 1.807) is 12.1 Å². The number of sulfonamides is 1. The molecule has 0 aliphatic rings. The van der Waals surface area contributed by atoms with Crippen LogP contribution in [0.2, 0.25) is 5.02 Å². The van der Waals surface area contributed by atoms with Crippen LogP contribution in [0.25, 0.3) is 0 Å². The van der Waals surface area contributed by atoms with E-state index in [-0.39, 0.29) is 28.8 Å². The summed E-state index contributed by atoms with van der Waals surface area (Å²) in [7, 11) is -1.69. The molecule has 2 aromatic rings. The van der Waals surface area contributed by atoms with Gasteiger partial charge in [0.2, 0.25) is 15.9 Å². The molecular formula is C20H26ClN3O3S. The molecule has 0 heterocycles. The third-order valence-electron chi connectivity index (χ3n) is 4.24. The molecular weight excluding hydrogens is 398 g/mol. The fraction of sp³-hybridized carbons (Fsp3) is 0.350. The standard InChI is InChI=1S/C20H26ClN3O3S/c1-3-24(2)15-17-8-6-7-16(13-17)14-22-20(25)11-12-23-28(26,27)19-10-5-4-9-18(19)21/h4-10,13,23H,3,11-12,14-15H2,1-2H3,(H,22,25). The molecule has 0 radical (unpaired) electrons. The Bertz CT molecular complexity index is 903. The Balaban J connectivity index is 1.80. The van der Waals surface area contributed by atoms with Gasteiger partial charge in [-0.25, -0.2) is 13.1 Å². The molecule has 0 spiro atoms. The summed E-state index contributed by atoms with van der Waals surface area (Å²) in [5, 5.41) is 2.96. The molecule has 0 unspecified atom stereocenters. The molecule has 0 bridgehead atoms. The lowest BCUT2D eigenvalue weighted by Crippen LogP contribution is -2.30. The zero-order valence-electron chi connectivity index (χ0n) is 16.1. The first-order valence-corrected chi connectivity index (χ1v) is 10.9. The number of nitrogens with one attached hydrogen (secondary N) is 2. The summed E-state index contributed by atoms with van der Waals surface area (Å²) < 4.78 is 26.9. The van der Waals surface area contributed by atoms with Gasteiger partial charge in [0, 0.05) is 26.1 Å². The first kappa shape index (κ1) is 22.4. The van der Waals surface area contributed by atoms with Gasteiger partial charge in [0.1, 0.15) is 4.90 Å². The van der Waals surface area contributed by atoms with Crippen LogP contribution in [-0.4, -0.2) is 39.4 Å². The van der Waals surface area contributed by atoms with Gasteiger partial charge in [-0.2, -0.15) is 0 Å². The van der Waals surface area contributed by atoms with Crippen molar-refractivity contribution in [1.29, 1.82) is 0 Å². The summed E-state index contributed by atoms with van der Waals surface area (Å²) in [5.41, 5.74) is 2.19. The number of carbonyl (C=O) groups is 1. The first-order chi connectivity index (χ1) is 13.3. The molecule has 2 aromatic carbocycles. The Morgan fingerprint density at radius 3 is 2.54 bits per heavy atom. The molecule has 152 valence electrons. The summed E-state index contributed by atoms with van der Waals surface area (Å²) >= 11 is 5.92. The second-order valence-electron chi connectivity index (χ2n) is 6.51. The van der Waals surface area contributed by atoms with Crippen molar-refractivity contribution in [2.45, 2.75) is 31.3 Å². The van der Waals surface area contributed by atoms with Gasteiger partial charge in [-0.1, -0.05) is 54.9 Å². The minimum atomic E-state index is -3.74. The zero-order valence-corrected chi connectivity index (χ0v) is 17.7. The molecule has 0 aliphatic carbocycles. The molecule has 0 saturated heterocycles. The summed E-state index contributed by atoms with van der Waals surface area (Å²) in [6.07, 6.45) is 0.0436. The van der Waals surface area contributed by atoms with Crippen LogP contribution in [-0.2, 0) is 27.9 Å². The Morgan fingerprint density at radius 1 is 1.11 bits per heavy atom. The Morgan fingerprint density at radius 2 is 1.82 bits per heavy atom. The number of amides is 1. The van der Waals surface area contributed by atoms with E-state index in [1.165, 1.54) is 17.7 Å². The molecule has 2 rings (SSSR count). The van der Waals surface area contributed by atoms with Gasteiger partial charge in [-0.15, -0.1) is 0 Å². The number of halogens is 1. The summed E-state index contributed by atoms with van der Waals surface area (Å²) in [6, 6.07) is 14.2. The number of benzene rings is 2. The molecule has 6 nitrogen and oxygen atoms in total. The van der Waals surface area contributed by atoms with Crippen molar-refractivity contribution in [1.82, 2.24) is 14.9 Å². The maximum Gasteiger partial charge on any atom is 0.242 e. The average molecular weight is 424 g/mol. The van der Waals surface area contributed by atoms with Gasteiger partial charge in [0.25, 0.3) is 0 Å². The van der Waals surface area contributed by atoms with Crippen LogP contribution in [0.4, 0.5) is 0 Å². The van der Waals surface area contributed by atoms with Crippen LogP contribution in [0.15, 0.2) is 53.4 Å². The van der Waals surface area contributed by atoms with Crippen molar-refractivity contribution < 1.29 is 13.2 Å². The maximum atomic E-state index is 12.2. The minimum absolute atomic E-state index is 0.000718. The van der Waals surface area contributed by atoms with Crippen LogP contribution < -0.4 is 10.0 Å². The lowest BCUT2D eigenvalue weighted by Gasteiger charge is -2.14. The largest absolute Gasteiger partial charge is 0.352 e. The van der Waals surface area contributed by atoms with E-state index in [0.29, 0.717) is 6.54 Å². The quantitative estimate of drug-likeness (QED) is 0.616. The Labute approximate surface area is 171 Å². The smallest absolute Gasteiger partial charge is 0.242 e. The van der Waals surface area contributed by atoms with Gasteiger partial charge in [-0.3, -0.25) is 4.79 Å². The first-order valence-electron chi connectivity index (χ1n) is 9.09. The number of carbonyl (C=O) groups excluding carboxylic acids is 1.